The van der Waals surface area contributed by atoms with Crippen molar-refractivity contribution in [1.29, 1.82) is 0 Å². The SMILES string of the molecule is C=C(C)C(=O)Oc1ccc(C(=O)Oc2ccc(OC(=O)/C=C/c3ccc(-c4ccc(-c5ccc(C)cc5)cc4)cc3)cc2)cc1. The normalized spacial score (nSPS) is 10.7. The Morgan fingerprint density at radius 3 is 1.49 bits per heavy atom. The maximum absolute atomic E-state index is 12.5. The zero-order valence-corrected chi connectivity index (χ0v) is 24.9. The van der Waals surface area contributed by atoms with Crippen LogP contribution in [0.15, 0.2) is 140 Å². The molecule has 0 amide bonds. The van der Waals surface area contributed by atoms with Crippen LogP contribution >= 0.6 is 0 Å². The Bertz CT molecular complexity index is 1850. The minimum absolute atomic E-state index is 0.269. The van der Waals surface area contributed by atoms with E-state index in [-0.39, 0.29) is 22.6 Å². The highest BCUT2D eigenvalue weighted by molar-refractivity contribution is 5.92. The molecule has 0 aliphatic heterocycles. The molecule has 0 atom stereocenters. The molecule has 5 aromatic rings. The van der Waals surface area contributed by atoms with Crippen molar-refractivity contribution in [3.63, 3.8) is 0 Å². The number of aryl methyl sites for hydroxylation is 1. The average molecular weight is 595 g/mol. The zero-order chi connectivity index (χ0) is 31.8. The fourth-order valence-electron chi connectivity index (χ4n) is 4.30. The Morgan fingerprint density at radius 1 is 0.556 bits per heavy atom. The van der Waals surface area contributed by atoms with Gasteiger partial charge in [0, 0.05) is 11.6 Å². The number of esters is 3. The molecule has 222 valence electrons. The van der Waals surface area contributed by atoms with Gasteiger partial charge in [0.05, 0.1) is 5.56 Å². The number of rotatable bonds is 9. The Kier molecular flexibility index (Phi) is 9.46. The monoisotopic (exact) mass is 594 g/mol. The number of carbonyl (C=O) groups is 3. The highest BCUT2D eigenvalue weighted by Crippen LogP contribution is 2.26. The molecule has 0 aliphatic carbocycles. The van der Waals surface area contributed by atoms with Gasteiger partial charge in [-0.2, -0.15) is 0 Å². The molecule has 0 heterocycles. The molecule has 0 saturated carbocycles. The molecule has 45 heavy (non-hydrogen) atoms. The van der Waals surface area contributed by atoms with Crippen molar-refractivity contribution in [2.24, 2.45) is 0 Å². The Balaban J connectivity index is 1.11. The van der Waals surface area contributed by atoms with Crippen LogP contribution in [0.3, 0.4) is 0 Å². The van der Waals surface area contributed by atoms with E-state index >= 15 is 0 Å². The van der Waals surface area contributed by atoms with Crippen molar-refractivity contribution in [1.82, 2.24) is 0 Å². The van der Waals surface area contributed by atoms with E-state index in [1.807, 2.05) is 24.3 Å². The van der Waals surface area contributed by atoms with Crippen LogP contribution in [0, 0.1) is 6.92 Å². The minimum Gasteiger partial charge on any atom is -0.423 e. The van der Waals surface area contributed by atoms with Crippen molar-refractivity contribution in [3.8, 4) is 39.5 Å². The fourth-order valence-corrected chi connectivity index (χ4v) is 4.30. The molecule has 0 aliphatic rings. The summed E-state index contributed by atoms with van der Waals surface area (Å²) in [4.78, 5) is 36.5. The highest BCUT2D eigenvalue weighted by atomic mass is 16.5. The van der Waals surface area contributed by atoms with E-state index in [0.717, 1.165) is 16.7 Å². The van der Waals surface area contributed by atoms with Gasteiger partial charge in [0.1, 0.15) is 17.2 Å². The van der Waals surface area contributed by atoms with Crippen LogP contribution in [0.25, 0.3) is 28.3 Å². The maximum Gasteiger partial charge on any atom is 0.343 e. The van der Waals surface area contributed by atoms with Crippen molar-refractivity contribution in [2.45, 2.75) is 13.8 Å². The molecule has 6 nitrogen and oxygen atoms in total. The summed E-state index contributed by atoms with van der Waals surface area (Å²) in [6, 6.07) is 36.9. The second kappa shape index (κ2) is 14.0. The van der Waals surface area contributed by atoms with E-state index in [4.69, 9.17) is 14.2 Å². The van der Waals surface area contributed by atoms with E-state index in [1.165, 1.54) is 71.3 Å². The number of hydrogen-bond donors (Lipinski definition) is 0. The molecule has 0 fully saturated rings. The molecule has 6 heteroatoms. The number of benzene rings is 5. The smallest absolute Gasteiger partial charge is 0.343 e. The molecular weight excluding hydrogens is 564 g/mol. The van der Waals surface area contributed by atoms with E-state index in [2.05, 4.69) is 62.0 Å². The van der Waals surface area contributed by atoms with Crippen molar-refractivity contribution >= 4 is 24.0 Å². The van der Waals surface area contributed by atoms with E-state index in [0.29, 0.717) is 5.75 Å². The fraction of sp³-hybridized carbons (Fsp3) is 0.0513. The third-order valence-corrected chi connectivity index (χ3v) is 6.83. The van der Waals surface area contributed by atoms with Crippen molar-refractivity contribution < 1.29 is 28.6 Å². The Labute approximate surface area is 261 Å². The van der Waals surface area contributed by atoms with Gasteiger partial charge in [-0.15, -0.1) is 0 Å². The lowest BCUT2D eigenvalue weighted by molar-refractivity contribution is -0.130. The van der Waals surface area contributed by atoms with Crippen molar-refractivity contribution in [3.05, 3.63) is 156 Å². The molecule has 0 saturated heterocycles. The quantitative estimate of drug-likeness (QED) is 0.0966. The van der Waals surface area contributed by atoms with E-state index in [1.54, 1.807) is 13.0 Å². The van der Waals surface area contributed by atoms with Crippen LogP contribution in [0.2, 0.25) is 0 Å². The second-order valence-electron chi connectivity index (χ2n) is 10.4. The summed E-state index contributed by atoms with van der Waals surface area (Å²) in [7, 11) is 0. The molecule has 0 bridgehead atoms. The van der Waals surface area contributed by atoms with Crippen LogP contribution in [-0.4, -0.2) is 17.9 Å². The summed E-state index contributed by atoms with van der Waals surface area (Å²) in [6.07, 6.45) is 3.05. The molecular formula is C39H30O6. The first-order valence-corrected chi connectivity index (χ1v) is 14.2. The van der Waals surface area contributed by atoms with Gasteiger partial charge in [-0.25, -0.2) is 14.4 Å². The predicted octanol–water partition coefficient (Wildman–Crippen LogP) is 8.65. The second-order valence-corrected chi connectivity index (χ2v) is 10.4. The Morgan fingerprint density at radius 2 is 0.978 bits per heavy atom. The largest absolute Gasteiger partial charge is 0.423 e. The number of hydrogen-bond acceptors (Lipinski definition) is 6. The number of ether oxygens (including phenoxy) is 3. The predicted molar refractivity (Wildman–Crippen MR) is 175 cm³/mol. The first-order chi connectivity index (χ1) is 21.7. The standard InChI is InChI=1S/C39H30O6/c1-26(2)38(41)44-35-19-17-33(18-20-35)39(42)45-36-23-21-34(22-24-36)43-37(40)25-8-28-6-11-30(12-7-28)32-15-13-31(14-16-32)29-9-4-27(3)5-10-29/h4-25H,1H2,2-3H3/b25-8+. The molecule has 0 N–H and O–H groups in total. The van der Waals surface area contributed by atoms with Gasteiger partial charge < -0.3 is 14.2 Å². The van der Waals surface area contributed by atoms with Crippen molar-refractivity contribution in [2.75, 3.05) is 0 Å². The van der Waals surface area contributed by atoms with Gasteiger partial charge in [-0.1, -0.05) is 84.9 Å². The van der Waals surface area contributed by atoms with Crippen LogP contribution in [0.4, 0.5) is 0 Å². The maximum atomic E-state index is 12.5. The lowest BCUT2D eigenvalue weighted by atomic mass is 9.99. The lowest BCUT2D eigenvalue weighted by Gasteiger charge is -2.07. The van der Waals surface area contributed by atoms with Crippen LogP contribution in [0.5, 0.6) is 17.2 Å². The van der Waals surface area contributed by atoms with Gasteiger partial charge in [-0.3, -0.25) is 0 Å². The van der Waals surface area contributed by atoms with Crippen LogP contribution in [-0.2, 0) is 9.59 Å². The summed E-state index contributed by atoms with van der Waals surface area (Å²) in [5.74, 6) is -0.812. The molecule has 5 rings (SSSR count). The highest BCUT2D eigenvalue weighted by Gasteiger charge is 2.11. The summed E-state index contributed by atoms with van der Waals surface area (Å²) in [5, 5.41) is 0. The lowest BCUT2D eigenvalue weighted by Crippen LogP contribution is -2.10. The third-order valence-electron chi connectivity index (χ3n) is 6.83. The molecule has 0 unspecified atom stereocenters. The molecule has 0 aromatic heterocycles. The van der Waals surface area contributed by atoms with Crippen LogP contribution in [0.1, 0.15) is 28.4 Å². The average Bonchev–Trinajstić information content (AvgIpc) is 3.05. The summed E-state index contributed by atoms with van der Waals surface area (Å²) in [5.41, 5.74) is 7.17. The van der Waals surface area contributed by atoms with Gasteiger partial charge in [-0.05, 0) is 96.3 Å². The Hall–Kier alpha value is -6.01. The number of carbonyl (C=O) groups excluding carboxylic acids is 3. The molecule has 5 aromatic carbocycles. The van der Waals surface area contributed by atoms with Gasteiger partial charge >= 0.3 is 17.9 Å². The summed E-state index contributed by atoms with van der Waals surface area (Å²) >= 11 is 0. The van der Waals surface area contributed by atoms with Gasteiger partial charge in [0.2, 0.25) is 0 Å². The summed E-state index contributed by atoms with van der Waals surface area (Å²) < 4.78 is 15.9. The zero-order valence-electron chi connectivity index (χ0n) is 24.9. The van der Waals surface area contributed by atoms with E-state index in [9.17, 15) is 14.4 Å². The van der Waals surface area contributed by atoms with Gasteiger partial charge in [0.25, 0.3) is 0 Å². The molecule has 0 radical (unpaired) electrons. The minimum atomic E-state index is -0.592. The third kappa shape index (κ3) is 8.30. The van der Waals surface area contributed by atoms with E-state index < -0.39 is 17.9 Å². The topological polar surface area (TPSA) is 78.9 Å². The first kappa shape index (κ1) is 30.4. The van der Waals surface area contributed by atoms with Gasteiger partial charge in [0.15, 0.2) is 0 Å². The summed E-state index contributed by atoms with van der Waals surface area (Å²) in [6.45, 7) is 7.15. The van der Waals surface area contributed by atoms with Crippen LogP contribution < -0.4 is 14.2 Å². The first-order valence-electron chi connectivity index (χ1n) is 14.2. The molecule has 0 spiro atoms.